The van der Waals surface area contributed by atoms with Crippen LogP contribution in [0, 0.1) is 11.8 Å². The molecular weight excluding hydrogens is 164 g/mol. The molecule has 0 amide bonds. The van der Waals surface area contributed by atoms with E-state index >= 15 is 0 Å². The van der Waals surface area contributed by atoms with E-state index in [1.165, 1.54) is 0 Å². The monoisotopic (exact) mass is 186 g/mol. The zero-order valence-corrected chi connectivity index (χ0v) is 9.13. The van der Waals surface area contributed by atoms with Crippen molar-refractivity contribution in [2.24, 2.45) is 17.6 Å². The number of carbonyl (C=O) groups is 1. The minimum Gasteiger partial charge on any atom is -0.318 e. The number of Topliss-reactive ketones (excluding diaryl/α,β-unsaturated/α-hetero) is 1. The molecule has 0 bridgehead atoms. The van der Waals surface area contributed by atoms with Crippen molar-refractivity contribution in [3.63, 3.8) is 0 Å². The molecule has 0 rings (SSSR count). The smallest absolute Gasteiger partial charge is 0.132 e. The summed E-state index contributed by atoms with van der Waals surface area (Å²) in [7, 11) is 0. The second kappa shape index (κ2) is 6.11. The molecular formula is C10H22N2O. The molecule has 3 nitrogen and oxygen atoms in total. The molecule has 0 fully saturated rings. The highest BCUT2D eigenvalue weighted by Crippen LogP contribution is 2.15. The Bertz CT molecular complexity index is 159. The zero-order valence-electron chi connectivity index (χ0n) is 9.13. The summed E-state index contributed by atoms with van der Waals surface area (Å²) in [5.41, 5.74) is 5.38. The highest BCUT2D eigenvalue weighted by Gasteiger charge is 2.16. The van der Waals surface area contributed by atoms with E-state index in [9.17, 15) is 4.79 Å². The Balaban J connectivity index is 3.84. The van der Waals surface area contributed by atoms with Crippen molar-refractivity contribution in [2.75, 3.05) is 6.67 Å². The van der Waals surface area contributed by atoms with Gasteiger partial charge in [-0.2, -0.15) is 0 Å². The molecule has 0 aliphatic heterocycles. The van der Waals surface area contributed by atoms with E-state index in [1.807, 2.05) is 6.92 Å². The minimum atomic E-state index is 0.164. The Hall–Kier alpha value is -0.410. The van der Waals surface area contributed by atoms with E-state index in [4.69, 9.17) is 5.73 Å². The molecule has 0 aromatic carbocycles. The molecule has 0 heterocycles. The summed E-state index contributed by atoms with van der Waals surface area (Å²) in [5, 5.41) is 3.16. The van der Waals surface area contributed by atoms with Gasteiger partial charge in [0.05, 0.1) is 0 Å². The van der Waals surface area contributed by atoms with Gasteiger partial charge in [0, 0.05) is 18.6 Å². The molecule has 0 aromatic heterocycles. The fraction of sp³-hybridized carbons (Fsp3) is 0.900. The predicted molar refractivity (Wildman–Crippen MR) is 55.3 cm³/mol. The lowest BCUT2D eigenvalue weighted by molar-refractivity contribution is -0.120. The van der Waals surface area contributed by atoms with Crippen LogP contribution in [-0.4, -0.2) is 18.5 Å². The topological polar surface area (TPSA) is 55.1 Å². The summed E-state index contributed by atoms with van der Waals surface area (Å²) in [5.74, 6) is 0.922. The van der Waals surface area contributed by atoms with Crippen LogP contribution in [0.5, 0.6) is 0 Å². The van der Waals surface area contributed by atoms with Crippen molar-refractivity contribution in [1.29, 1.82) is 0 Å². The molecule has 0 saturated heterocycles. The molecule has 3 unspecified atom stereocenters. The number of rotatable bonds is 6. The van der Waals surface area contributed by atoms with Gasteiger partial charge in [-0.1, -0.05) is 13.8 Å². The Kier molecular flexibility index (Phi) is 5.91. The number of hydrogen-bond acceptors (Lipinski definition) is 3. The summed E-state index contributed by atoms with van der Waals surface area (Å²) < 4.78 is 0. The molecule has 78 valence electrons. The Labute approximate surface area is 81.1 Å². The van der Waals surface area contributed by atoms with Crippen molar-refractivity contribution in [1.82, 2.24) is 5.32 Å². The van der Waals surface area contributed by atoms with E-state index in [0.717, 1.165) is 6.42 Å². The van der Waals surface area contributed by atoms with Crippen molar-refractivity contribution in [3.05, 3.63) is 0 Å². The minimum absolute atomic E-state index is 0.164. The summed E-state index contributed by atoms with van der Waals surface area (Å²) in [4.78, 5) is 11.0. The highest BCUT2D eigenvalue weighted by molar-refractivity contribution is 5.77. The second-order valence-corrected chi connectivity index (χ2v) is 3.92. The molecule has 0 spiro atoms. The lowest BCUT2D eigenvalue weighted by atomic mass is 9.90. The lowest BCUT2D eigenvalue weighted by Gasteiger charge is -2.22. The zero-order chi connectivity index (χ0) is 10.4. The maximum atomic E-state index is 11.0. The number of ketones is 1. The first-order valence-corrected chi connectivity index (χ1v) is 4.93. The third-order valence-electron chi connectivity index (χ3n) is 2.71. The van der Waals surface area contributed by atoms with Crippen molar-refractivity contribution in [2.45, 2.75) is 40.2 Å². The summed E-state index contributed by atoms with van der Waals surface area (Å²) >= 11 is 0. The highest BCUT2D eigenvalue weighted by atomic mass is 16.1. The normalized spacial score (nSPS) is 17.9. The van der Waals surface area contributed by atoms with Crippen molar-refractivity contribution in [3.8, 4) is 0 Å². The van der Waals surface area contributed by atoms with Crippen LogP contribution >= 0.6 is 0 Å². The van der Waals surface area contributed by atoms with Gasteiger partial charge in [0.1, 0.15) is 5.78 Å². The first-order valence-electron chi connectivity index (χ1n) is 4.93. The maximum Gasteiger partial charge on any atom is 0.132 e. The Morgan fingerprint density at radius 2 is 1.92 bits per heavy atom. The van der Waals surface area contributed by atoms with Gasteiger partial charge in [-0.3, -0.25) is 4.79 Å². The third kappa shape index (κ3) is 5.01. The van der Waals surface area contributed by atoms with Crippen LogP contribution in [0.15, 0.2) is 0 Å². The van der Waals surface area contributed by atoms with Gasteiger partial charge in [-0.15, -0.1) is 0 Å². The molecule has 3 heteroatoms. The van der Waals surface area contributed by atoms with Crippen LogP contribution in [0.25, 0.3) is 0 Å². The van der Waals surface area contributed by atoms with Crippen LogP contribution in [-0.2, 0) is 4.79 Å². The van der Waals surface area contributed by atoms with Crippen LogP contribution in [0.4, 0.5) is 0 Å². The van der Waals surface area contributed by atoms with Crippen LogP contribution in [0.3, 0.4) is 0 Å². The average molecular weight is 186 g/mol. The molecule has 13 heavy (non-hydrogen) atoms. The van der Waals surface area contributed by atoms with Crippen molar-refractivity contribution >= 4 is 5.78 Å². The van der Waals surface area contributed by atoms with Gasteiger partial charge in [0.15, 0.2) is 0 Å². The second-order valence-electron chi connectivity index (χ2n) is 3.92. The van der Waals surface area contributed by atoms with Gasteiger partial charge in [0.2, 0.25) is 0 Å². The fourth-order valence-corrected chi connectivity index (χ4v) is 1.31. The largest absolute Gasteiger partial charge is 0.318 e. The SMILES string of the molecule is CC(=O)C(C)CC(C)C(C)NCN. The molecule has 0 aliphatic rings. The van der Waals surface area contributed by atoms with E-state index in [-0.39, 0.29) is 11.7 Å². The number of hydrogen-bond donors (Lipinski definition) is 2. The van der Waals surface area contributed by atoms with Crippen molar-refractivity contribution < 1.29 is 4.79 Å². The van der Waals surface area contributed by atoms with Crippen LogP contribution in [0.2, 0.25) is 0 Å². The Morgan fingerprint density at radius 3 is 2.31 bits per heavy atom. The molecule has 3 atom stereocenters. The number of nitrogens with one attached hydrogen (secondary N) is 1. The number of carbonyl (C=O) groups excluding carboxylic acids is 1. The van der Waals surface area contributed by atoms with Gasteiger partial charge in [0.25, 0.3) is 0 Å². The van der Waals surface area contributed by atoms with E-state index in [2.05, 4.69) is 19.2 Å². The van der Waals surface area contributed by atoms with Crippen LogP contribution in [0.1, 0.15) is 34.1 Å². The summed E-state index contributed by atoms with van der Waals surface area (Å²) in [6, 6.07) is 0.381. The predicted octanol–water partition coefficient (Wildman–Crippen LogP) is 1.13. The van der Waals surface area contributed by atoms with Crippen LogP contribution < -0.4 is 11.1 Å². The first-order chi connectivity index (χ1) is 5.99. The van der Waals surface area contributed by atoms with E-state index < -0.39 is 0 Å². The van der Waals surface area contributed by atoms with Gasteiger partial charge in [-0.25, -0.2) is 0 Å². The molecule has 0 aromatic rings. The summed E-state index contributed by atoms with van der Waals surface area (Å²) in [6.07, 6.45) is 0.934. The lowest BCUT2D eigenvalue weighted by Crippen LogP contribution is -2.37. The third-order valence-corrected chi connectivity index (χ3v) is 2.71. The van der Waals surface area contributed by atoms with E-state index in [0.29, 0.717) is 18.6 Å². The molecule has 3 N–H and O–H groups in total. The maximum absolute atomic E-state index is 11.0. The quantitative estimate of drug-likeness (QED) is 0.611. The van der Waals surface area contributed by atoms with Gasteiger partial charge < -0.3 is 11.1 Å². The fourth-order valence-electron chi connectivity index (χ4n) is 1.31. The average Bonchev–Trinajstić information content (AvgIpc) is 2.04. The summed E-state index contributed by atoms with van der Waals surface area (Å²) in [6.45, 7) is 8.38. The number of nitrogens with two attached hydrogens (primary N) is 1. The standard InChI is InChI=1S/C10H22N2O/c1-7(9(3)12-6-11)5-8(2)10(4)13/h7-9,12H,5-6,11H2,1-4H3. The first kappa shape index (κ1) is 12.6. The van der Waals surface area contributed by atoms with Gasteiger partial charge in [-0.05, 0) is 26.2 Å². The van der Waals surface area contributed by atoms with Gasteiger partial charge >= 0.3 is 0 Å². The molecule has 0 saturated carbocycles. The Morgan fingerprint density at radius 1 is 1.38 bits per heavy atom. The van der Waals surface area contributed by atoms with E-state index in [1.54, 1.807) is 6.92 Å². The molecule has 0 radical (unpaired) electrons. The molecule has 0 aliphatic carbocycles.